The Kier molecular flexibility index (Phi) is 5.91. The van der Waals surface area contributed by atoms with Gasteiger partial charge in [-0.3, -0.25) is 0 Å². The minimum atomic E-state index is 0.281. The minimum absolute atomic E-state index is 0.281. The Morgan fingerprint density at radius 2 is 2.07 bits per heavy atom. The predicted molar refractivity (Wildman–Crippen MR) is 67.5 cm³/mol. The number of nitrogen functional groups attached to an aromatic ring is 1. The number of aliphatic hydroxyl groups excluding tert-OH is 1. The molecule has 0 heterocycles. The van der Waals surface area contributed by atoms with Gasteiger partial charge in [0.2, 0.25) is 0 Å². The van der Waals surface area contributed by atoms with Crippen molar-refractivity contribution >= 4 is 29.1 Å². The van der Waals surface area contributed by atoms with Crippen molar-refractivity contribution in [2.45, 2.75) is 24.2 Å². The molecule has 0 aliphatic heterocycles. The molecule has 0 saturated carbocycles. The van der Waals surface area contributed by atoms with E-state index in [2.05, 4.69) is 0 Å². The Balaban J connectivity index is 2.33. The fourth-order valence-corrected chi connectivity index (χ4v) is 2.48. The van der Waals surface area contributed by atoms with Gasteiger partial charge in [0.05, 0.1) is 5.02 Å². The van der Waals surface area contributed by atoms with E-state index in [1.54, 1.807) is 17.8 Å². The molecular formula is C11H16ClNOS. The normalized spacial score (nSPS) is 10.5. The average Bonchev–Trinajstić information content (AvgIpc) is 2.23. The third kappa shape index (κ3) is 4.78. The monoisotopic (exact) mass is 245 g/mol. The summed E-state index contributed by atoms with van der Waals surface area (Å²) in [5, 5.41) is 9.38. The fraction of sp³-hybridized carbons (Fsp3) is 0.455. The molecule has 0 amide bonds. The standard InChI is InChI=1S/C11H16ClNOS/c12-10-5-4-9(13)8-11(10)15-7-3-1-2-6-14/h4-5,8,14H,1-3,6-7,13H2. The van der Waals surface area contributed by atoms with E-state index in [1.807, 2.05) is 12.1 Å². The van der Waals surface area contributed by atoms with Gasteiger partial charge in [0.1, 0.15) is 0 Å². The summed E-state index contributed by atoms with van der Waals surface area (Å²) in [6.45, 7) is 0.281. The second-order valence-corrected chi connectivity index (χ2v) is 4.87. The van der Waals surface area contributed by atoms with E-state index < -0.39 is 0 Å². The molecule has 15 heavy (non-hydrogen) atoms. The van der Waals surface area contributed by atoms with E-state index in [9.17, 15) is 0 Å². The van der Waals surface area contributed by atoms with Gasteiger partial charge in [-0.1, -0.05) is 18.0 Å². The number of halogens is 1. The topological polar surface area (TPSA) is 46.2 Å². The zero-order chi connectivity index (χ0) is 11.1. The first-order valence-corrected chi connectivity index (χ1v) is 6.39. The van der Waals surface area contributed by atoms with Crippen molar-refractivity contribution in [3.8, 4) is 0 Å². The Morgan fingerprint density at radius 1 is 1.27 bits per heavy atom. The van der Waals surface area contributed by atoms with Crippen LogP contribution in [0.15, 0.2) is 23.1 Å². The quantitative estimate of drug-likeness (QED) is 0.460. The van der Waals surface area contributed by atoms with Crippen LogP contribution in [0, 0.1) is 0 Å². The number of aliphatic hydroxyl groups is 1. The maximum Gasteiger partial charge on any atom is 0.0543 e. The maximum absolute atomic E-state index is 8.62. The summed E-state index contributed by atoms with van der Waals surface area (Å²) in [5.41, 5.74) is 6.42. The highest BCUT2D eigenvalue weighted by atomic mass is 35.5. The van der Waals surface area contributed by atoms with Gasteiger partial charge >= 0.3 is 0 Å². The zero-order valence-corrected chi connectivity index (χ0v) is 10.2. The van der Waals surface area contributed by atoms with Gasteiger partial charge in [-0.05, 0) is 36.8 Å². The molecule has 4 heteroatoms. The second-order valence-electron chi connectivity index (χ2n) is 3.32. The lowest BCUT2D eigenvalue weighted by Crippen LogP contribution is -1.88. The molecule has 2 nitrogen and oxygen atoms in total. The van der Waals surface area contributed by atoms with Crippen molar-refractivity contribution in [2.24, 2.45) is 0 Å². The van der Waals surface area contributed by atoms with Gasteiger partial charge in [-0.2, -0.15) is 0 Å². The first kappa shape index (κ1) is 12.7. The van der Waals surface area contributed by atoms with Crippen molar-refractivity contribution < 1.29 is 5.11 Å². The SMILES string of the molecule is Nc1ccc(Cl)c(SCCCCCO)c1. The van der Waals surface area contributed by atoms with Gasteiger partial charge in [0.15, 0.2) is 0 Å². The Morgan fingerprint density at radius 3 is 2.80 bits per heavy atom. The van der Waals surface area contributed by atoms with Crippen molar-refractivity contribution in [1.29, 1.82) is 0 Å². The summed E-state index contributed by atoms with van der Waals surface area (Å²) in [6.07, 6.45) is 3.03. The van der Waals surface area contributed by atoms with Crippen LogP contribution in [-0.2, 0) is 0 Å². The average molecular weight is 246 g/mol. The molecule has 1 aromatic carbocycles. The summed E-state index contributed by atoms with van der Waals surface area (Å²) in [7, 11) is 0. The number of thioether (sulfide) groups is 1. The number of unbranched alkanes of at least 4 members (excludes halogenated alkanes) is 2. The molecule has 3 N–H and O–H groups in total. The van der Waals surface area contributed by atoms with Crippen molar-refractivity contribution in [2.75, 3.05) is 18.1 Å². The van der Waals surface area contributed by atoms with Crippen LogP contribution >= 0.6 is 23.4 Å². The lowest BCUT2D eigenvalue weighted by Gasteiger charge is -2.04. The fourth-order valence-electron chi connectivity index (χ4n) is 1.20. The molecule has 0 aliphatic carbocycles. The van der Waals surface area contributed by atoms with Crippen LogP contribution in [-0.4, -0.2) is 17.5 Å². The van der Waals surface area contributed by atoms with Crippen LogP contribution < -0.4 is 5.73 Å². The van der Waals surface area contributed by atoms with Crippen molar-refractivity contribution in [3.63, 3.8) is 0 Å². The molecule has 0 fully saturated rings. The number of hydrogen-bond donors (Lipinski definition) is 2. The number of benzene rings is 1. The summed E-state index contributed by atoms with van der Waals surface area (Å²) in [6, 6.07) is 5.53. The second kappa shape index (κ2) is 6.99. The molecule has 0 aliphatic rings. The smallest absolute Gasteiger partial charge is 0.0543 e. The van der Waals surface area contributed by atoms with Crippen LogP contribution in [0.2, 0.25) is 5.02 Å². The van der Waals surface area contributed by atoms with Crippen LogP contribution in [0.5, 0.6) is 0 Å². The third-order valence-electron chi connectivity index (χ3n) is 2.02. The highest BCUT2D eigenvalue weighted by Crippen LogP contribution is 2.29. The lowest BCUT2D eigenvalue weighted by atomic mass is 10.3. The lowest BCUT2D eigenvalue weighted by molar-refractivity contribution is 0.284. The Bertz CT molecular complexity index is 307. The van der Waals surface area contributed by atoms with Crippen LogP contribution in [0.3, 0.4) is 0 Å². The van der Waals surface area contributed by atoms with Gasteiger partial charge in [0.25, 0.3) is 0 Å². The van der Waals surface area contributed by atoms with Gasteiger partial charge in [0, 0.05) is 17.2 Å². The number of nitrogens with two attached hydrogens (primary N) is 1. The maximum atomic E-state index is 8.62. The number of hydrogen-bond acceptors (Lipinski definition) is 3. The molecule has 0 saturated heterocycles. The van der Waals surface area contributed by atoms with E-state index in [0.29, 0.717) is 0 Å². The van der Waals surface area contributed by atoms with E-state index in [1.165, 1.54) is 0 Å². The van der Waals surface area contributed by atoms with Crippen molar-refractivity contribution in [3.05, 3.63) is 23.2 Å². The molecule has 84 valence electrons. The Labute approximate surface area is 99.8 Å². The predicted octanol–water partition coefficient (Wildman–Crippen LogP) is 3.18. The van der Waals surface area contributed by atoms with Gasteiger partial charge in [-0.25, -0.2) is 0 Å². The summed E-state index contributed by atoms with van der Waals surface area (Å²) < 4.78 is 0. The highest BCUT2D eigenvalue weighted by Gasteiger charge is 2.01. The van der Waals surface area contributed by atoms with E-state index in [4.69, 9.17) is 22.4 Å². The molecular weight excluding hydrogens is 230 g/mol. The minimum Gasteiger partial charge on any atom is -0.399 e. The Hall–Kier alpha value is -0.380. The first-order valence-electron chi connectivity index (χ1n) is 5.02. The molecule has 0 spiro atoms. The van der Waals surface area contributed by atoms with E-state index >= 15 is 0 Å². The summed E-state index contributed by atoms with van der Waals surface area (Å²) >= 11 is 7.74. The number of anilines is 1. The first-order chi connectivity index (χ1) is 7.24. The highest BCUT2D eigenvalue weighted by molar-refractivity contribution is 7.99. The van der Waals surface area contributed by atoms with Crippen LogP contribution in [0.4, 0.5) is 5.69 Å². The molecule has 0 radical (unpaired) electrons. The molecule has 0 atom stereocenters. The molecule has 0 aromatic heterocycles. The largest absolute Gasteiger partial charge is 0.399 e. The van der Waals surface area contributed by atoms with Crippen LogP contribution in [0.1, 0.15) is 19.3 Å². The molecule has 0 bridgehead atoms. The summed E-state index contributed by atoms with van der Waals surface area (Å²) in [4.78, 5) is 1.04. The molecule has 1 rings (SSSR count). The van der Waals surface area contributed by atoms with Gasteiger partial charge in [-0.15, -0.1) is 11.8 Å². The summed E-state index contributed by atoms with van der Waals surface area (Å²) in [5.74, 6) is 1.02. The van der Waals surface area contributed by atoms with E-state index in [-0.39, 0.29) is 6.61 Å². The number of rotatable bonds is 6. The van der Waals surface area contributed by atoms with Crippen molar-refractivity contribution in [1.82, 2.24) is 0 Å². The zero-order valence-electron chi connectivity index (χ0n) is 8.58. The third-order valence-corrected chi connectivity index (χ3v) is 3.60. The van der Waals surface area contributed by atoms with E-state index in [0.717, 1.165) is 40.6 Å². The van der Waals surface area contributed by atoms with Gasteiger partial charge < -0.3 is 10.8 Å². The molecule has 0 unspecified atom stereocenters. The molecule has 1 aromatic rings. The van der Waals surface area contributed by atoms with Crippen LogP contribution in [0.25, 0.3) is 0 Å².